The van der Waals surface area contributed by atoms with Crippen LogP contribution >= 0.6 is 11.3 Å². The van der Waals surface area contributed by atoms with Gasteiger partial charge >= 0.3 is 0 Å². The molecule has 2 heterocycles. The molecular formula is C12H17N3O3S2. The molecular weight excluding hydrogens is 298 g/mol. The Morgan fingerprint density at radius 1 is 1.35 bits per heavy atom. The number of furan rings is 1. The molecule has 2 rings (SSSR count). The van der Waals surface area contributed by atoms with E-state index in [1.54, 1.807) is 17.4 Å². The summed E-state index contributed by atoms with van der Waals surface area (Å²) < 4.78 is 30.2. The summed E-state index contributed by atoms with van der Waals surface area (Å²) in [5.41, 5.74) is 0.972. The average molecular weight is 315 g/mol. The van der Waals surface area contributed by atoms with Crippen molar-refractivity contribution >= 4 is 21.4 Å². The molecule has 0 aromatic carbocycles. The van der Waals surface area contributed by atoms with E-state index in [0.717, 1.165) is 15.0 Å². The molecule has 2 aromatic heterocycles. The van der Waals surface area contributed by atoms with Gasteiger partial charge in [-0.2, -0.15) is 0 Å². The number of aromatic nitrogens is 1. The Bertz CT molecular complexity index is 674. The minimum atomic E-state index is -3.50. The Morgan fingerprint density at radius 3 is 2.70 bits per heavy atom. The lowest BCUT2D eigenvalue weighted by molar-refractivity contribution is 0.388. The van der Waals surface area contributed by atoms with Gasteiger partial charge in [0.15, 0.2) is 0 Å². The molecule has 1 N–H and O–H groups in total. The Kier molecular flexibility index (Phi) is 4.59. The predicted octanol–water partition coefficient (Wildman–Crippen LogP) is 1.58. The summed E-state index contributed by atoms with van der Waals surface area (Å²) >= 11 is 1.60. The van der Waals surface area contributed by atoms with Gasteiger partial charge in [0.05, 0.1) is 17.2 Å². The zero-order chi connectivity index (χ0) is 14.8. The van der Waals surface area contributed by atoms with Crippen molar-refractivity contribution in [2.24, 2.45) is 0 Å². The maximum Gasteiger partial charge on any atom is 0.275 e. The minimum absolute atomic E-state index is 0.0381. The van der Waals surface area contributed by atoms with Crippen LogP contribution in [-0.2, 0) is 23.1 Å². The summed E-state index contributed by atoms with van der Waals surface area (Å²) in [7, 11) is -0.557. The van der Waals surface area contributed by atoms with Crippen molar-refractivity contribution in [2.75, 3.05) is 14.1 Å². The molecule has 6 nitrogen and oxygen atoms in total. The first-order valence-electron chi connectivity index (χ1n) is 6.02. The molecule has 0 fully saturated rings. The molecule has 0 bridgehead atoms. The lowest BCUT2D eigenvalue weighted by Gasteiger charge is -2.07. The van der Waals surface area contributed by atoms with Crippen LogP contribution in [0.25, 0.3) is 0 Å². The number of thiazole rings is 1. The fraction of sp³-hybridized carbons (Fsp3) is 0.417. The third kappa shape index (κ3) is 3.45. The largest absolute Gasteiger partial charge is 0.447 e. The number of aryl methyl sites for hydroxylation is 1. The highest BCUT2D eigenvalue weighted by Gasteiger charge is 2.21. The first kappa shape index (κ1) is 15.2. The lowest BCUT2D eigenvalue weighted by atomic mass is 10.4. The van der Waals surface area contributed by atoms with E-state index in [1.807, 2.05) is 12.3 Å². The van der Waals surface area contributed by atoms with Gasteiger partial charge in [0.1, 0.15) is 5.76 Å². The highest BCUT2D eigenvalue weighted by atomic mass is 32.2. The van der Waals surface area contributed by atoms with Crippen LogP contribution in [0.2, 0.25) is 0 Å². The maximum absolute atomic E-state index is 11.8. The van der Waals surface area contributed by atoms with Gasteiger partial charge in [-0.3, -0.25) is 0 Å². The highest BCUT2D eigenvalue weighted by Crippen LogP contribution is 2.16. The Labute approximate surface area is 122 Å². The van der Waals surface area contributed by atoms with E-state index in [-0.39, 0.29) is 5.09 Å². The summed E-state index contributed by atoms with van der Waals surface area (Å²) in [6.07, 6.45) is 0. The molecule has 0 radical (unpaired) electrons. The van der Waals surface area contributed by atoms with E-state index >= 15 is 0 Å². The minimum Gasteiger partial charge on any atom is -0.447 e. The van der Waals surface area contributed by atoms with Gasteiger partial charge < -0.3 is 9.73 Å². The van der Waals surface area contributed by atoms with Gasteiger partial charge in [-0.05, 0) is 19.1 Å². The van der Waals surface area contributed by atoms with E-state index in [2.05, 4.69) is 10.3 Å². The van der Waals surface area contributed by atoms with Crippen molar-refractivity contribution in [3.8, 4) is 0 Å². The summed E-state index contributed by atoms with van der Waals surface area (Å²) in [5, 5.41) is 6.15. The van der Waals surface area contributed by atoms with Gasteiger partial charge in [-0.15, -0.1) is 11.3 Å². The monoisotopic (exact) mass is 315 g/mol. The first-order valence-corrected chi connectivity index (χ1v) is 8.34. The number of nitrogens with one attached hydrogen (secondary N) is 1. The van der Waals surface area contributed by atoms with E-state index in [0.29, 0.717) is 18.8 Å². The van der Waals surface area contributed by atoms with Crippen LogP contribution in [0.1, 0.15) is 16.5 Å². The fourth-order valence-electron chi connectivity index (χ4n) is 1.58. The van der Waals surface area contributed by atoms with E-state index < -0.39 is 10.0 Å². The second-order valence-corrected chi connectivity index (χ2v) is 7.61. The Hall–Kier alpha value is -1.22. The van der Waals surface area contributed by atoms with Crippen LogP contribution in [0, 0.1) is 6.92 Å². The molecule has 20 heavy (non-hydrogen) atoms. The molecule has 0 atom stereocenters. The summed E-state index contributed by atoms with van der Waals surface area (Å²) in [6.45, 7) is 3.04. The van der Waals surface area contributed by atoms with Crippen LogP contribution in [0.5, 0.6) is 0 Å². The van der Waals surface area contributed by atoms with Crippen LogP contribution < -0.4 is 5.32 Å². The van der Waals surface area contributed by atoms with Crippen molar-refractivity contribution in [3.63, 3.8) is 0 Å². The molecule has 0 saturated heterocycles. The number of rotatable bonds is 6. The molecule has 0 unspecified atom stereocenters. The van der Waals surface area contributed by atoms with Crippen molar-refractivity contribution in [3.05, 3.63) is 34.0 Å². The Balaban J connectivity index is 1.93. The topological polar surface area (TPSA) is 75.4 Å². The molecule has 0 aliphatic carbocycles. The molecule has 8 heteroatoms. The van der Waals surface area contributed by atoms with Crippen molar-refractivity contribution in [1.82, 2.24) is 14.6 Å². The number of hydrogen-bond donors (Lipinski definition) is 1. The molecule has 110 valence electrons. The molecule has 0 saturated carbocycles. The predicted molar refractivity (Wildman–Crippen MR) is 77.0 cm³/mol. The normalized spacial score (nSPS) is 12.2. The van der Waals surface area contributed by atoms with Crippen LogP contribution in [0.4, 0.5) is 0 Å². The summed E-state index contributed by atoms with van der Waals surface area (Å²) in [5.74, 6) is 0.581. The zero-order valence-corrected chi connectivity index (χ0v) is 13.2. The van der Waals surface area contributed by atoms with Crippen molar-refractivity contribution < 1.29 is 12.8 Å². The lowest BCUT2D eigenvalue weighted by Crippen LogP contribution is -2.21. The summed E-state index contributed by atoms with van der Waals surface area (Å²) in [6, 6.07) is 3.13. The standard InChI is InChI=1S/C12H17N3O3S2/c1-9-14-10(8-19-9)6-13-7-11-4-5-12(18-11)20(16,17)15(2)3/h4-5,8,13H,6-7H2,1-3H3. The molecule has 0 spiro atoms. The molecule has 0 amide bonds. The quantitative estimate of drug-likeness (QED) is 0.876. The van der Waals surface area contributed by atoms with Gasteiger partial charge in [-0.25, -0.2) is 17.7 Å². The van der Waals surface area contributed by atoms with E-state index in [9.17, 15) is 8.42 Å². The van der Waals surface area contributed by atoms with Crippen LogP contribution in [0.3, 0.4) is 0 Å². The van der Waals surface area contributed by atoms with Gasteiger partial charge in [0.2, 0.25) is 5.09 Å². The van der Waals surface area contributed by atoms with Crippen molar-refractivity contribution in [1.29, 1.82) is 0 Å². The molecule has 0 aliphatic heterocycles. The third-order valence-electron chi connectivity index (χ3n) is 2.64. The van der Waals surface area contributed by atoms with E-state index in [4.69, 9.17) is 4.42 Å². The third-order valence-corrected chi connectivity index (χ3v) is 5.16. The number of nitrogens with zero attached hydrogens (tertiary/aromatic N) is 2. The first-order chi connectivity index (χ1) is 9.39. The van der Waals surface area contributed by atoms with Crippen molar-refractivity contribution in [2.45, 2.75) is 25.1 Å². The number of hydrogen-bond acceptors (Lipinski definition) is 6. The smallest absolute Gasteiger partial charge is 0.275 e. The summed E-state index contributed by atoms with van der Waals surface area (Å²) in [4.78, 5) is 4.33. The molecule has 2 aromatic rings. The van der Waals surface area contributed by atoms with E-state index in [1.165, 1.54) is 20.2 Å². The second kappa shape index (κ2) is 6.04. The highest BCUT2D eigenvalue weighted by molar-refractivity contribution is 7.88. The maximum atomic E-state index is 11.8. The second-order valence-electron chi connectivity index (χ2n) is 4.47. The fourth-order valence-corrected chi connectivity index (χ4v) is 3.00. The Morgan fingerprint density at radius 2 is 2.10 bits per heavy atom. The average Bonchev–Trinajstić information content (AvgIpc) is 2.99. The van der Waals surface area contributed by atoms with Gasteiger partial charge in [0, 0.05) is 26.0 Å². The van der Waals surface area contributed by atoms with Crippen LogP contribution in [-0.4, -0.2) is 31.8 Å². The zero-order valence-electron chi connectivity index (χ0n) is 11.6. The van der Waals surface area contributed by atoms with Gasteiger partial charge in [-0.1, -0.05) is 0 Å². The molecule has 0 aliphatic rings. The number of sulfonamides is 1. The van der Waals surface area contributed by atoms with Gasteiger partial charge in [0.25, 0.3) is 10.0 Å². The van der Waals surface area contributed by atoms with Crippen LogP contribution in [0.15, 0.2) is 27.0 Å². The SMILES string of the molecule is Cc1nc(CNCc2ccc(S(=O)(=O)N(C)C)o2)cs1.